The number of rotatable bonds is 11. The zero-order chi connectivity index (χ0) is 14.6. The second-order valence-corrected chi connectivity index (χ2v) is 6.73. The van der Waals surface area contributed by atoms with Gasteiger partial charge < -0.3 is 10.6 Å². The number of unbranched alkanes of at least 4 members (excludes halogenated alkanes) is 6. The Balaban J connectivity index is 2.29. The smallest absolute Gasteiger partial charge is 0.00964 e. The van der Waals surface area contributed by atoms with Crippen molar-refractivity contribution in [3.63, 3.8) is 0 Å². The van der Waals surface area contributed by atoms with Crippen LogP contribution >= 0.6 is 0 Å². The summed E-state index contributed by atoms with van der Waals surface area (Å²) in [6, 6.07) is 1.31. The highest BCUT2D eigenvalue weighted by atomic mass is 15.1. The van der Waals surface area contributed by atoms with Crippen LogP contribution in [0.4, 0.5) is 0 Å². The standard InChI is InChI=1S/C18H38N2/c1-3-5-7-9-15-20(16-10-8-6-4-2)18-13-11-17(19)12-14-18/h17-18H,3-16,19H2,1-2H3. The van der Waals surface area contributed by atoms with Crippen LogP contribution < -0.4 is 5.73 Å². The van der Waals surface area contributed by atoms with Crippen LogP contribution in [0.25, 0.3) is 0 Å². The van der Waals surface area contributed by atoms with Crippen molar-refractivity contribution in [2.75, 3.05) is 13.1 Å². The van der Waals surface area contributed by atoms with E-state index in [1.54, 1.807) is 0 Å². The molecule has 0 aromatic heterocycles. The van der Waals surface area contributed by atoms with Gasteiger partial charge in [-0.25, -0.2) is 0 Å². The molecule has 1 aliphatic rings. The van der Waals surface area contributed by atoms with Crippen molar-refractivity contribution in [3.8, 4) is 0 Å². The van der Waals surface area contributed by atoms with Gasteiger partial charge in [-0.05, 0) is 51.6 Å². The highest BCUT2D eigenvalue weighted by Crippen LogP contribution is 2.23. The third-order valence-electron chi connectivity index (χ3n) is 4.86. The van der Waals surface area contributed by atoms with Gasteiger partial charge in [0, 0.05) is 12.1 Å². The fraction of sp³-hybridized carbons (Fsp3) is 1.00. The topological polar surface area (TPSA) is 29.3 Å². The van der Waals surface area contributed by atoms with Gasteiger partial charge in [-0.1, -0.05) is 52.4 Å². The molecule has 0 bridgehead atoms. The van der Waals surface area contributed by atoms with Crippen LogP contribution in [0, 0.1) is 0 Å². The largest absolute Gasteiger partial charge is 0.328 e. The molecule has 0 amide bonds. The third kappa shape index (κ3) is 7.64. The molecule has 2 nitrogen and oxygen atoms in total. The summed E-state index contributed by atoms with van der Waals surface area (Å²) in [4.78, 5) is 2.80. The molecule has 0 aromatic rings. The Bertz CT molecular complexity index is 197. The first kappa shape index (κ1) is 18.0. The summed E-state index contributed by atoms with van der Waals surface area (Å²) < 4.78 is 0. The minimum Gasteiger partial charge on any atom is -0.328 e. The van der Waals surface area contributed by atoms with E-state index < -0.39 is 0 Å². The summed E-state index contributed by atoms with van der Waals surface area (Å²) in [6.45, 7) is 7.24. The Morgan fingerprint density at radius 1 is 0.750 bits per heavy atom. The lowest BCUT2D eigenvalue weighted by Crippen LogP contribution is -2.41. The molecule has 0 radical (unpaired) electrons. The first-order valence-corrected chi connectivity index (χ1v) is 9.27. The van der Waals surface area contributed by atoms with E-state index in [1.165, 1.54) is 90.1 Å². The van der Waals surface area contributed by atoms with Crippen molar-refractivity contribution in [2.45, 2.75) is 103 Å². The molecular weight excluding hydrogens is 244 g/mol. The van der Waals surface area contributed by atoms with Crippen LogP contribution in [0.15, 0.2) is 0 Å². The van der Waals surface area contributed by atoms with Gasteiger partial charge in [0.05, 0.1) is 0 Å². The number of nitrogens with zero attached hydrogens (tertiary/aromatic N) is 1. The summed E-state index contributed by atoms with van der Waals surface area (Å²) in [5, 5.41) is 0. The molecule has 2 heteroatoms. The maximum absolute atomic E-state index is 6.06. The van der Waals surface area contributed by atoms with Gasteiger partial charge >= 0.3 is 0 Å². The normalized spacial score (nSPS) is 23.4. The fourth-order valence-electron chi connectivity index (χ4n) is 3.43. The van der Waals surface area contributed by atoms with E-state index in [0.29, 0.717) is 6.04 Å². The van der Waals surface area contributed by atoms with Gasteiger partial charge in [0.2, 0.25) is 0 Å². The molecule has 20 heavy (non-hydrogen) atoms. The van der Waals surface area contributed by atoms with Crippen molar-refractivity contribution in [1.82, 2.24) is 4.90 Å². The molecule has 1 saturated carbocycles. The van der Waals surface area contributed by atoms with E-state index >= 15 is 0 Å². The highest BCUT2D eigenvalue weighted by molar-refractivity contribution is 4.81. The SMILES string of the molecule is CCCCCCN(CCCCCC)C1CCC(N)CC1. The lowest BCUT2D eigenvalue weighted by molar-refractivity contribution is 0.144. The van der Waals surface area contributed by atoms with Gasteiger partial charge in [-0.2, -0.15) is 0 Å². The molecule has 0 aromatic carbocycles. The van der Waals surface area contributed by atoms with Gasteiger partial charge in [0.25, 0.3) is 0 Å². The Morgan fingerprint density at radius 2 is 1.25 bits per heavy atom. The van der Waals surface area contributed by atoms with Gasteiger partial charge in [0.15, 0.2) is 0 Å². The second-order valence-electron chi connectivity index (χ2n) is 6.73. The monoisotopic (exact) mass is 282 g/mol. The molecule has 120 valence electrons. The Hall–Kier alpha value is -0.0800. The van der Waals surface area contributed by atoms with Crippen molar-refractivity contribution in [2.24, 2.45) is 5.73 Å². The molecule has 0 atom stereocenters. The number of nitrogens with two attached hydrogens (primary N) is 1. The highest BCUT2D eigenvalue weighted by Gasteiger charge is 2.23. The lowest BCUT2D eigenvalue weighted by Gasteiger charge is -2.36. The molecule has 0 heterocycles. The first-order chi connectivity index (χ1) is 9.77. The van der Waals surface area contributed by atoms with E-state index in [2.05, 4.69) is 18.7 Å². The molecule has 0 aliphatic heterocycles. The maximum Gasteiger partial charge on any atom is 0.00964 e. The molecule has 1 aliphatic carbocycles. The van der Waals surface area contributed by atoms with Crippen LogP contribution in [0.5, 0.6) is 0 Å². The molecule has 2 N–H and O–H groups in total. The number of hydrogen-bond acceptors (Lipinski definition) is 2. The van der Waals surface area contributed by atoms with Crippen LogP contribution in [-0.2, 0) is 0 Å². The molecule has 0 unspecified atom stereocenters. The van der Waals surface area contributed by atoms with Gasteiger partial charge in [-0.15, -0.1) is 0 Å². The molecule has 1 fully saturated rings. The first-order valence-electron chi connectivity index (χ1n) is 9.27. The van der Waals surface area contributed by atoms with E-state index in [0.717, 1.165) is 6.04 Å². The minimum atomic E-state index is 0.480. The lowest BCUT2D eigenvalue weighted by atomic mass is 9.90. The molecule has 1 rings (SSSR count). The fourth-order valence-corrected chi connectivity index (χ4v) is 3.43. The van der Waals surface area contributed by atoms with E-state index in [-0.39, 0.29) is 0 Å². The summed E-state index contributed by atoms with van der Waals surface area (Å²) in [5.41, 5.74) is 6.06. The molecule has 0 spiro atoms. The molecular formula is C18H38N2. The summed E-state index contributed by atoms with van der Waals surface area (Å²) in [6.07, 6.45) is 16.3. The summed E-state index contributed by atoms with van der Waals surface area (Å²) >= 11 is 0. The van der Waals surface area contributed by atoms with Gasteiger partial charge in [-0.3, -0.25) is 0 Å². The van der Waals surface area contributed by atoms with Gasteiger partial charge in [0.1, 0.15) is 0 Å². The Kier molecular flexibility index (Phi) is 10.4. The third-order valence-corrected chi connectivity index (χ3v) is 4.86. The van der Waals surface area contributed by atoms with E-state index in [1.807, 2.05) is 0 Å². The maximum atomic E-state index is 6.06. The summed E-state index contributed by atoms with van der Waals surface area (Å²) in [5.74, 6) is 0. The van der Waals surface area contributed by atoms with Crippen LogP contribution in [0.2, 0.25) is 0 Å². The average Bonchev–Trinajstić information content (AvgIpc) is 2.47. The Labute approximate surface area is 127 Å². The minimum absolute atomic E-state index is 0.480. The average molecular weight is 283 g/mol. The van der Waals surface area contributed by atoms with Crippen LogP contribution in [-0.4, -0.2) is 30.1 Å². The van der Waals surface area contributed by atoms with Crippen LogP contribution in [0.3, 0.4) is 0 Å². The van der Waals surface area contributed by atoms with Crippen molar-refractivity contribution in [3.05, 3.63) is 0 Å². The van der Waals surface area contributed by atoms with Crippen molar-refractivity contribution in [1.29, 1.82) is 0 Å². The summed E-state index contributed by atoms with van der Waals surface area (Å²) in [7, 11) is 0. The van der Waals surface area contributed by atoms with E-state index in [9.17, 15) is 0 Å². The Morgan fingerprint density at radius 3 is 1.70 bits per heavy atom. The predicted octanol–water partition coefficient (Wildman–Crippen LogP) is 4.72. The second kappa shape index (κ2) is 11.6. The van der Waals surface area contributed by atoms with Crippen LogP contribution in [0.1, 0.15) is 90.9 Å². The number of hydrogen-bond donors (Lipinski definition) is 1. The van der Waals surface area contributed by atoms with Crippen molar-refractivity contribution >= 4 is 0 Å². The zero-order valence-electron chi connectivity index (χ0n) is 14.1. The van der Waals surface area contributed by atoms with E-state index in [4.69, 9.17) is 5.73 Å². The molecule has 0 saturated heterocycles. The zero-order valence-corrected chi connectivity index (χ0v) is 14.1. The quantitative estimate of drug-likeness (QED) is 0.556. The predicted molar refractivity (Wildman–Crippen MR) is 90.1 cm³/mol. The van der Waals surface area contributed by atoms with Crippen molar-refractivity contribution < 1.29 is 0 Å².